The summed E-state index contributed by atoms with van der Waals surface area (Å²) in [7, 11) is 0. The number of hydrogen-bond acceptors (Lipinski definition) is 5. The van der Waals surface area contributed by atoms with Crippen LogP contribution < -0.4 is 0 Å². The quantitative estimate of drug-likeness (QED) is 0.441. The molecular formula is C29H47F2N3O5. The molecule has 222 valence electrons. The summed E-state index contributed by atoms with van der Waals surface area (Å²) in [5.41, 5.74) is 0.158. The normalized spacial score (nSPS) is 26.9. The van der Waals surface area contributed by atoms with E-state index in [2.05, 4.69) is 0 Å². The summed E-state index contributed by atoms with van der Waals surface area (Å²) >= 11 is 0. The lowest BCUT2D eigenvalue weighted by Crippen LogP contribution is -2.61. The molecule has 3 saturated heterocycles. The van der Waals surface area contributed by atoms with Crippen molar-refractivity contribution < 1.29 is 33.0 Å². The molecule has 2 amide bonds. The summed E-state index contributed by atoms with van der Waals surface area (Å²) in [6.07, 6.45) is 10.4. The number of rotatable bonds is 1. The molecule has 3 aliphatic heterocycles. The molecule has 0 aromatic rings. The molecule has 3 heterocycles. The van der Waals surface area contributed by atoms with Gasteiger partial charge in [0.1, 0.15) is 11.4 Å². The number of ether oxygens (including phenoxy) is 1. The molecule has 1 N–H and O–H groups in total. The first-order chi connectivity index (χ1) is 18.2. The van der Waals surface area contributed by atoms with Gasteiger partial charge >= 0.3 is 12.2 Å². The van der Waals surface area contributed by atoms with Crippen molar-refractivity contribution in [1.29, 1.82) is 0 Å². The van der Waals surface area contributed by atoms with E-state index in [1.54, 1.807) is 0 Å². The van der Waals surface area contributed by atoms with Gasteiger partial charge in [-0.1, -0.05) is 0 Å². The van der Waals surface area contributed by atoms with Crippen molar-refractivity contribution in [2.75, 3.05) is 39.3 Å². The van der Waals surface area contributed by atoms with Gasteiger partial charge < -0.3 is 19.6 Å². The Morgan fingerprint density at radius 2 is 1.28 bits per heavy atom. The van der Waals surface area contributed by atoms with Crippen LogP contribution in [0.15, 0.2) is 0 Å². The molecule has 5 rings (SSSR count). The van der Waals surface area contributed by atoms with Gasteiger partial charge in [-0.2, -0.15) is 0 Å². The van der Waals surface area contributed by atoms with Gasteiger partial charge in [-0.15, -0.1) is 0 Å². The second kappa shape index (κ2) is 11.5. The molecule has 0 aromatic carbocycles. The van der Waals surface area contributed by atoms with E-state index in [9.17, 15) is 23.2 Å². The Hall–Kier alpha value is -1.97. The van der Waals surface area contributed by atoms with Crippen molar-refractivity contribution in [2.45, 2.75) is 115 Å². The van der Waals surface area contributed by atoms with Crippen LogP contribution in [0.25, 0.3) is 0 Å². The largest absolute Gasteiger partial charge is 0.465 e. The number of alkyl halides is 2. The maximum atomic E-state index is 12.9. The van der Waals surface area contributed by atoms with E-state index in [-0.39, 0.29) is 24.6 Å². The number of amides is 2. The molecule has 8 nitrogen and oxygen atoms in total. The predicted octanol–water partition coefficient (Wildman–Crippen LogP) is 5.79. The Bertz CT molecular complexity index is 875. The lowest BCUT2D eigenvalue weighted by atomic mass is 9.66. The number of likely N-dealkylation sites (tertiary alicyclic amines) is 3. The third kappa shape index (κ3) is 7.82. The number of piperidine rings is 2. The highest BCUT2D eigenvalue weighted by Crippen LogP contribution is 2.47. The third-order valence-electron chi connectivity index (χ3n) is 9.84. The van der Waals surface area contributed by atoms with Crippen LogP contribution in [0.4, 0.5) is 18.4 Å². The van der Waals surface area contributed by atoms with E-state index in [0.29, 0.717) is 30.3 Å². The molecule has 0 aromatic heterocycles. The fourth-order valence-electron chi connectivity index (χ4n) is 7.11. The van der Waals surface area contributed by atoms with Crippen molar-refractivity contribution in [3.8, 4) is 0 Å². The number of hydrogen-bond donors (Lipinski definition) is 1. The third-order valence-corrected chi connectivity index (χ3v) is 9.84. The van der Waals surface area contributed by atoms with Crippen molar-refractivity contribution in [1.82, 2.24) is 14.7 Å². The Labute approximate surface area is 231 Å². The first kappa shape index (κ1) is 30.0. The minimum absolute atomic E-state index is 0.0720. The van der Waals surface area contributed by atoms with Crippen LogP contribution in [0.3, 0.4) is 0 Å². The van der Waals surface area contributed by atoms with E-state index in [1.807, 2.05) is 30.6 Å². The van der Waals surface area contributed by atoms with Gasteiger partial charge in [0.15, 0.2) is 0 Å². The second-order valence-electron chi connectivity index (χ2n) is 13.8. The summed E-state index contributed by atoms with van der Waals surface area (Å²) in [5.74, 6) is -2.07. The maximum Gasteiger partial charge on any atom is 0.410 e. The number of carbonyl (C=O) groups excluding carboxylic acids is 2. The molecular weight excluding hydrogens is 508 g/mol. The van der Waals surface area contributed by atoms with E-state index in [4.69, 9.17) is 9.84 Å². The topological polar surface area (TPSA) is 90.4 Å². The molecule has 5 fully saturated rings. The number of nitrogens with zero attached hydrogens (tertiary/aromatic N) is 3. The summed E-state index contributed by atoms with van der Waals surface area (Å²) in [6, 6.07) is 0.317. The van der Waals surface area contributed by atoms with E-state index < -0.39 is 17.6 Å². The van der Waals surface area contributed by atoms with Crippen LogP contribution >= 0.6 is 0 Å². The van der Waals surface area contributed by atoms with Crippen LogP contribution in [-0.2, 0) is 9.53 Å². The average Bonchev–Trinajstić information content (AvgIpc) is 2.85. The summed E-state index contributed by atoms with van der Waals surface area (Å²) in [6.45, 7) is 8.32. The van der Waals surface area contributed by atoms with Crippen molar-refractivity contribution >= 4 is 18.0 Å². The molecule has 10 heteroatoms. The molecule has 39 heavy (non-hydrogen) atoms. The second-order valence-corrected chi connectivity index (χ2v) is 13.8. The standard InChI is InChI=1S/C15H25NO3.C14H22F2N2O2/c1-14(2,3)19-13(18)16-10-8-15(9-11-16)6-4-12(17)5-7-15;15-14(16)9-18(10-14)11-1-3-13(4-2-11)5-7-17(8-6-13)12(19)20/h4-11H2,1-3H3;11H,1-10H2,(H,19,20). The highest BCUT2D eigenvalue weighted by Gasteiger charge is 2.49. The van der Waals surface area contributed by atoms with Gasteiger partial charge in [0.2, 0.25) is 0 Å². The zero-order valence-electron chi connectivity index (χ0n) is 24.0. The Morgan fingerprint density at radius 3 is 1.72 bits per heavy atom. The Kier molecular flexibility index (Phi) is 8.84. The van der Waals surface area contributed by atoms with Crippen LogP contribution in [0.1, 0.15) is 97.8 Å². The highest BCUT2D eigenvalue weighted by molar-refractivity contribution is 5.79. The van der Waals surface area contributed by atoms with E-state index in [0.717, 1.165) is 90.1 Å². The SMILES string of the molecule is CC(C)(C)OC(=O)N1CCC2(CCC(=O)CC2)CC1.O=C(O)N1CCC2(CCC(N3CC(F)(F)C3)CC2)CC1. The van der Waals surface area contributed by atoms with Gasteiger partial charge in [-0.3, -0.25) is 9.69 Å². The number of Topliss-reactive ketones (excluding diaryl/α,β-unsaturated/α-hetero) is 1. The van der Waals surface area contributed by atoms with Gasteiger partial charge in [-0.25, -0.2) is 18.4 Å². The van der Waals surface area contributed by atoms with Gasteiger partial charge in [0.25, 0.3) is 5.92 Å². The molecule has 0 unspecified atom stereocenters. The zero-order chi connectivity index (χ0) is 28.5. The minimum Gasteiger partial charge on any atom is -0.465 e. The number of carbonyl (C=O) groups is 3. The molecule has 5 aliphatic rings. The predicted molar refractivity (Wildman–Crippen MR) is 143 cm³/mol. The van der Waals surface area contributed by atoms with Gasteiger partial charge in [0, 0.05) is 45.1 Å². The fraction of sp³-hybridized carbons (Fsp3) is 0.897. The lowest BCUT2D eigenvalue weighted by molar-refractivity contribution is -0.153. The maximum absolute atomic E-state index is 12.9. The number of ketones is 1. The highest BCUT2D eigenvalue weighted by atomic mass is 19.3. The number of carboxylic acid groups (broad SMARTS) is 1. The summed E-state index contributed by atoms with van der Waals surface area (Å²) in [5, 5.41) is 8.98. The van der Waals surface area contributed by atoms with Crippen LogP contribution in [-0.4, -0.2) is 94.6 Å². The first-order valence-corrected chi connectivity index (χ1v) is 14.8. The van der Waals surface area contributed by atoms with Crippen LogP contribution in [0.2, 0.25) is 0 Å². The van der Waals surface area contributed by atoms with E-state index >= 15 is 0 Å². The zero-order valence-corrected chi connectivity index (χ0v) is 24.0. The van der Waals surface area contributed by atoms with Gasteiger partial charge in [0.05, 0.1) is 13.1 Å². The van der Waals surface area contributed by atoms with Crippen molar-refractivity contribution in [2.24, 2.45) is 10.8 Å². The van der Waals surface area contributed by atoms with Crippen molar-refractivity contribution in [3.05, 3.63) is 0 Å². The average molecular weight is 556 g/mol. The molecule has 2 saturated carbocycles. The molecule has 2 spiro atoms. The smallest absolute Gasteiger partial charge is 0.410 e. The van der Waals surface area contributed by atoms with Gasteiger partial charge in [-0.05, 0) is 95.8 Å². The molecule has 0 bridgehead atoms. The monoisotopic (exact) mass is 555 g/mol. The molecule has 0 radical (unpaired) electrons. The summed E-state index contributed by atoms with van der Waals surface area (Å²) < 4.78 is 31.2. The number of halogens is 2. The van der Waals surface area contributed by atoms with Crippen molar-refractivity contribution in [3.63, 3.8) is 0 Å². The Balaban J connectivity index is 0.000000181. The minimum atomic E-state index is -2.47. The Morgan fingerprint density at radius 1 is 0.821 bits per heavy atom. The molecule has 0 atom stereocenters. The van der Waals surface area contributed by atoms with Crippen LogP contribution in [0, 0.1) is 10.8 Å². The van der Waals surface area contributed by atoms with Crippen LogP contribution in [0.5, 0.6) is 0 Å². The van der Waals surface area contributed by atoms with E-state index in [1.165, 1.54) is 4.90 Å². The first-order valence-electron chi connectivity index (χ1n) is 14.8. The summed E-state index contributed by atoms with van der Waals surface area (Å²) in [4.78, 5) is 39.5. The molecule has 2 aliphatic carbocycles. The lowest BCUT2D eigenvalue weighted by Gasteiger charge is -2.50. The fourth-order valence-corrected chi connectivity index (χ4v) is 7.11.